The molecular formula is C9H22N2O2. The maximum Gasteiger partial charge on any atom is 0.113 e. The van der Waals surface area contributed by atoms with Crippen LogP contribution in [0.5, 0.6) is 0 Å². The molecule has 0 aliphatic rings. The van der Waals surface area contributed by atoms with E-state index < -0.39 is 11.4 Å². The summed E-state index contributed by atoms with van der Waals surface area (Å²) in [5, 5.41) is 18.9. The van der Waals surface area contributed by atoms with Crippen LogP contribution in [-0.4, -0.2) is 21.7 Å². The Morgan fingerprint density at radius 3 is 1.46 bits per heavy atom. The van der Waals surface area contributed by atoms with Crippen molar-refractivity contribution in [3.63, 3.8) is 0 Å². The van der Waals surface area contributed by atoms with Crippen molar-refractivity contribution in [3.8, 4) is 0 Å². The van der Waals surface area contributed by atoms with Crippen LogP contribution in [0.25, 0.3) is 0 Å². The van der Waals surface area contributed by atoms with Crippen LogP contribution < -0.4 is 11.5 Å². The van der Waals surface area contributed by atoms with Crippen molar-refractivity contribution in [2.75, 3.05) is 0 Å². The molecule has 2 atom stereocenters. The third kappa shape index (κ3) is 5.99. The fraction of sp³-hybridized carbons (Fsp3) is 1.00. The molecule has 0 spiro atoms. The lowest BCUT2D eigenvalue weighted by atomic mass is 9.98. The quantitative estimate of drug-likeness (QED) is 0.452. The minimum Gasteiger partial charge on any atom is -0.376 e. The van der Waals surface area contributed by atoms with Crippen LogP contribution in [0.4, 0.5) is 0 Å². The van der Waals surface area contributed by atoms with Crippen LogP contribution in [-0.2, 0) is 0 Å². The first-order chi connectivity index (χ1) is 5.83. The topological polar surface area (TPSA) is 92.5 Å². The molecule has 0 fully saturated rings. The summed E-state index contributed by atoms with van der Waals surface area (Å²) < 4.78 is 0. The highest BCUT2D eigenvalue weighted by Gasteiger charge is 2.22. The average molecular weight is 190 g/mol. The van der Waals surface area contributed by atoms with Gasteiger partial charge in [0.2, 0.25) is 0 Å². The molecule has 4 heteroatoms. The summed E-state index contributed by atoms with van der Waals surface area (Å²) in [7, 11) is 0. The van der Waals surface area contributed by atoms with Gasteiger partial charge in [0, 0.05) is 0 Å². The van der Waals surface area contributed by atoms with E-state index in [0.29, 0.717) is 32.1 Å². The van der Waals surface area contributed by atoms with Crippen LogP contribution >= 0.6 is 0 Å². The van der Waals surface area contributed by atoms with Gasteiger partial charge in [-0.1, -0.05) is 13.8 Å². The van der Waals surface area contributed by atoms with Gasteiger partial charge in [0.15, 0.2) is 0 Å². The average Bonchev–Trinajstić information content (AvgIpc) is 2.04. The smallest absolute Gasteiger partial charge is 0.113 e. The summed E-state index contributed by atoms with van der Waals surface area (Å²) >= 11 is 0. The Morgan fingerprint density at radius 2 is 1.23 bits per heavy atom. The summed E-state index contributed by atoms with van der Waals surface area (Å²) in [5.41, 5.74) is 8.83. The summed E-state index contributed by atoms with van der Waals surface area (Å²) in [6, 6.07) is 0. The summed E-state index contributed by atoms with van der Waals surface area (Å²) in [5.74, 6) is 0. The van der Waals surface area contributed by atoms with Crippen molar-refractivity contribution < 1.29 is 10.2 Å². The first kappa shape index (κ1) is 12.8. The second-order valence-corrected chi connectivity index (χ2v) is 3.77. The normalized spacial score (nSPS) is 20.8. The number of hydrogen-bond acceptors (Lipinski definition) is 4. The lowest BCUT2D eigenvalue weighted by Gasteiger charge is -2.25. The van der Waals surface area contributed by atoms with E-state index in [4.69, 9.17) is 11.5 Å². The largest absolute Gasteiger partial charge is 0.376 e. The third-order valence-electron chi connectivity index (χ3n) is 2.44. The molecular weight excluding hydrogens is 168 g/mol. The Kier molecular flexibility index (Phi) is 4.85. The molecule has 0 saturated heterocycles. The fourth-order valence-electron chi connectivity index (χ4n) is 1.05. The predicted octanol–water partition coefficient (Wildman–Crippen LogP) is 0.271. The van der Waals surface area contributed by atoms with Crippen molar-refractivity contribution in [2.45, 2.75) is 57.4 Å². The molecule has 0 heterocycles. The van der Waals surface area contributed by atoms with Gasteiger partial charge < -0.3 is 21.7 Å². The van der Waals surface area contributed by atoms with Crippen molar-refractivity contribution in [1.29, 1.82) is 0 Å². The summed E-state index contributed by atoms with van der Waals surface area (Å²) in [6.45, 7) is 3.66. The van der Waals surface area contributed by atoms with Gasteiger partial charge in [-0.25, -0.2) is 0 Å². The SMILES string of the molecule is CCC(N)(O)CCCC(N)(O)CC. The van der Waals surface area contributed by atoms with Crippen LogP contribution in [0.1, 0.15) is 46.0 Å². The number of rotatable bonds is 6. The molecule has 0 aliphatic heterocycles. The zero-order valence-electron chi connectivity index (χ0n) is 8.58. The van der Waals surface area contributed by atoms with Crippen LogP contribution in [0.15, 0.2) is 0 Å². The van der Waals surface area contributed by atoms with Gasteiger partial charge >= 0.3 is 0 Å². The van der Waals surface area contributed by atoms with E-state index in [9.17, 15) is 10.2 Å². The Hall–Kier alpha value is -0.160. The van der Waals surface area contributed by atoms with E-state index in [-0.39, 0.29) is 0 Å². The Morgan fingerprint density at radius 1 is 0.923 bits per heavy atom. The highest BCUT2D eigenvalue weighted by atomic mass is 16.3. The molecule has 4 nitrogen and oxygen atoms in total. The summed E-state index contributed by atoms with van der Waals surface area (Å²) in [6.07, 6.45) is 2.62. The van der Waals surface area contributed by atoms with Crippen LogP contribution in [0, 0.1) is 0 Å². The van der Waals surface area contributed by atoms with Gasteiger partial charge in [-0.3, -0.25) is 0 Å². The van der Waals surface area contributed by atoms with Crippen molar-refractivity contribution in [1.82, 2.24) is 0 Å². The molecule has 0 aromatic carbocycles. The Balaban J connectivity index is 3.68. The van der Waals surface area contributed by atoms with E-state index in [1.165, 1.54) is 0 Å². The van der Waals surface area contributed by atoms with Crippen molar-refractivity contribution in [2.24, 2.45) is 11.5 Å². The maximum absolute atomic E-state index is 9.45. The predicted molar refractivity (Wildman–Crippen MR) is 52.7 cm³/mol. The standard InChI is InChI=1S/C9H22N2O2/c1-3-8(10,12)6-5-7-9(11,13)4-2/h12-13H,3-7,10-11H2,1-2H3. The molecule has 80 valence electrons. The van der Waals surface area contributed by atoms with E-state index >= 15 is 0 Å². The molecule has 0 aliphatic carbocycles. The van der Waals surface area contributed by atoms with Gasteiger partial charge in [-0.2, -0.15) is 0 Å². The third-order valence-corrected chi connectivity index (χ3v) is 2.44. The lowest BCUT2D eigenvalue weighted by molar-refractivity contribution is 0.00557. The van der Waals surface area contributed by atoms with Gasteiger partial charge in [0.05, 0.1) is 0 Å². The van der Waals surface area contributed by atoms with E-state index in [2.05, 4.69) is 0 Å². The zero-order chi connectivity index (χ0) is 10.5. The van der Waals surface area contributed by atoms with E-state index in [1.54, 1.807) is 0 Å². The van der Waals surface area contributed by atoms with Crippen LogP contribution in [0.2, 0.25) is 0 Å². The molecule has 0 bridgehead atoms. The first-order valence-corrected chi connectivity index (χ1v) is 4.85. The van der Waals surface area contributed by atoms with Gasteiger partial charge in [0.1, 0.15) is 11.4 Å². The highest BCUT2D eigenvalue weighted by molar-refractivity contribution is 4.73. The Labute approximate surface area is 79.9 Å². The molecule has 6 N–H and O–H groups in total. The summed E-state index contributed by atoms with van der Waals surface area (Å²) in [4.78, 5) is 0. The monoisotopic (exact) mass is 190 g/mol. The molecule has 0 saturated carbocycles. The second kappa shape index (κ2) is 4.91. The number of nitrogens with two attached hydrogens (primary N) is 2. The first-order valence-electron chi connectivity index (χ1n) is 4.85. The van der Waals surface area contributed by atoms with Gasteiger partial charge in [-0.05, 0) is 32.1 Å². The minimum absolute atomic E-state index is 0.475. The van der Waals surface area contributed by atoms with Crippen molar-refractivity contribution >= 4 is 0 Å². The van der Waals surface area contributed by atoms with Crippen LogP contribution in [0.3, 0.4) is 0 Å². The minimum atomic E-state index is -1.11. The second-order valence-electron chi connectivity index (χ2n) is 3.77. The molecule has 13 heavy (non-hydrogen) atoms. The lowest BCUT2D eigenvalue weighted by Crippen LogP contribution is -2.41. The zero-order valence-corrected chi connectivity index (χ0v) is 8.58. The molecule has 0 rings (SSSR count). The molecule has 0 aromatic heterocycles. The number of aliphatic hydroxyl groups is 2. The fourth-order valence-corrected chi connectivity index (χ4v) is 1.05. The molecule has 2 unspecified atom stereocenters. The molecule has 0 amide bonds. The van der Waals surface area contributed by atoms with E-state index in [0.717, 1.165) is 0 Å². The molecule has 0 aromatic rings. The Bertz CT molecular complexity index is 131. The number of hydrogen-bond donors (Lipinski definition) is 4. The van der Waals surface area contributed by atoms with Gasteiger partial charge in [-0.15, -0.1) is 0 Å². The highest BCUT2D eigenvalue weighted by Crippen LogP contribution is 2.17. The van der Waals surface area contributed by atoms with Crippen molar-refractivity contribution in [3.05, 3.63) is 0 Å². The van der Waals surface area contributed by atoms with Gasteiger partial charge in [0.25, 0.3) is 0 Å². The van der Waals surface area contributed by atoms with E-state index in [1.807, 2.05) is 13.8 Å². The maximum atomic E-state index is 9.45. The molecule has 0 radical (unpaired) electrons.